The van der Waals surface area contributed by atoms with Gasteiger partial charge in [-0.15, -0.1) is 0 Å². The molecule has 0 aliphatic rings. The van der Waals surface area contributed by atoms with Gasteiger partial charge >= 0.3 is 0 Å². The number of nitrogen functional groups attached to an aromatic ring is 1. The van der Waals surface area contributed by atoms with Crippen molar-refractivity contribution >= 4 is 11.6 Å². The van der Waals surface area contributed by atoms with E-state index in [1.807, 2.05) is 14.1 Å². The van der Waals surface area contributed by atoms with E-state index in [-0.39, 0.29) is 0 Å². The summed E-state index contributed by atoms with van der Waals surface area (Å²) in [7, 11) is 6.75. The van der Waals surface area contributed by atoms with E-state index in [4.69, 9.17) is 19.7 Å². The van der Waals surface area contributed by atoms with Crippen LogP contribution >= 0.6 is 0 Å². The van der Waals surface area contributed by atoms with Crippen LogP contribution in [0.1, 0.15) is 0 Å². The Kier molecular flexibility index (Phi) is 3.46. The summed E-state index contributed by atoms with van der Waals surface area (Å²) in [4.78, 5) is 5.98. The van der Waals surface area contributed by atoms with Crippen LogP contribution in [-0.4, -0.2) is 38.5 Å². The summed E-state index contributed by atoms with van der Waals surface area (Å²) in [5.74, 6) is 1.92. The third-order valence-electron chi connectivity index (χ3n) is 2.60. The Balaban J connectivity index is 2.49. The monoisotopic (exact) mass is 264 g/mol. The number of aromatic nitrogens is 2. The fourth-order valence-electron chi connectivity index (χ4n) is 1.59. The SMILES string of the molecule is COc1cc(N)c(-c2nc(N(C)C)no2)cc1OC. The Hall–Kier alpha value is -2.44. The summed E-state index contributed by atoms with van der Waals surface area (Å²) >= 11 is 0. The van der Waals surface area contributed by atoms with Crippen LogP contribution in [0.4, 0.5) is 11.6 Å². The first-order valence-electron chi connectivity index (χ1n) is 5.59. The lowest BCUT2D eigenvalue weighted by molar-refractivity contribution is 0.355. The van der Waals surface area contributed by atoms with Crippen molar-refractivity contribution in [2.45, 2.75) is 0 Å². The van der Waals surface area contributed by atoms with Gasteiger partial charge in [0.25, 0.3) is 11.8 Å². The van der Waals surface area contributed by atoms with E-state index in [1.54, 1.807) is 31.3 Å². The minimum Gasteiger partial charge on any atom is -0.493 e. The fraction of sp³-hybridized carbons (Fsp3) is 0.333. The molecule has 0 atom stereocenters. The van der Waals surface area contributed by atoms with Gasteiger partial charge in [-0.05, 0) is 11.2 Å². The largest absolute Gasteiger partial charge is 0.493 e. The molecular formula is C12H16N4O3. The lowest BCUT2D eigenvalue weighted by Crippen LogP contribution is -2.10. The van der Waals surface area contributed by atoms with Crippen molar-refractivity contribution in [2.75, 3.05) is 38.9 Å². The number of hydrogen-bond acceptors (Lipinski definition) is 7. The molecule has 102 valence electrons. The molecule has 2 N–H and O–H groups in total. The van der Waals surface area contributed by atoms with Gasteiger partial charge in [0.05, 0.1) is 19.8 Å². The summed E-state index contributed by atoms with van der Waals surface area (Å²) in [6.45, 7) is 0. The zero-order valence-corrected chi connectivity index (χ0v) is 11.3. The van der Waals surface area contributed by atoms with E-state index in [0.29, 0.717) is 34.6 Å². The molecule has 1 heterocycles. The minimum absolute atomic E-state index is 0.335. The summed E-state index contributed by atoms with van der Waals surface area (Å²) in [6.07, 6.45) is 0. The van der Waals surface area contributed by atoms with Crippen molar-refractivity contribution in [3.8, 4) is 23.0 Å². The molecule has 0 unspecified atom stereocenters. The molecule has 0 fully saturated rings. The quantitative estimate of drug-likeness (QED) is 0.835. The van der Waals surface area contributed by atoms with Crippen molar-refractivity contribution in [1.82, 2.24) is 10.1 Å². The Morgan fingerprint density at radius 1 is 1.16 bits per heavy atom. The normalized spacial score (nSPS) is 10.3. The highest BCUT2D eigenvalue weighted by molar-refractivity contribution is 5.75. The molecule has 0 aliphatic heterocycles. The molecule has 0 radical (unpaired) electrons. The zero-order chi connectivity index (χ0) is 14.0. The van der Waals surface area contributed by atoms with Gasteiger partial charge in [-0.1, -0.05) is 0 Å². The van der Waals surface area contributed by atoms with Crippen LogP contribution < -0.4 is 20.1 Å². The van der Waals surface area contributed by atoms with Gasteiger partial charge in [0.2, 0.25) is 0 Å². The van der Waals surface area contributed by atoms with Gasteiger partial charge in [-0.25, -0.2) is 0 Å². The standard InChI is InChI=1S/C12H16N4O3/c1-16(2)12-14-11(19-15-12)7-5-9(17-3)10(18-4)6-8(7)13/h5-6H,13H2,1-4H3. The third-order valence-corrected chi connectivity index (χ3v) is 2.60. The van der Waals surface area contributed by atoms with Gasteiger partial charge in [0, 0.05) is 25.8 Å². The topological polar surface area (TPSA) is 86.6 Å². The molecule has 0 spiro atoms. The molecule has 1 aromatic carbocycles. The highest BCUT2D eigenvalue weighted by Crippen LogP contribution is 2.36. The minimum atomic E-state index is 0.335. The molecule has 7 nitrogen and oxygen atoms in total. The average molecular weight is 264 g/mol. The second kappa shape index (κ2) is 5.05. The van der Waals surface area contributed by atoms with E-state index in [0.717, 1.165) is 0 Å². The zero-order valence-electron chi connectivity index (χ0n) is 11.3. The molecule has 0 saturated heterocycles. The molecule has 1 aromatic heterocycles. The maximum absolute atomic E-state index is 5.96. The predicted molar refractivity (Wildman–Crippen MR) is 71.6 cm³/mol. The van der Waals surface area contributed by atoms with Crippen molar-refractivity contribution in [3.63, 3.8) is 0 Å². The number of benzene rings is 1. The lowest BCUT2D eigenvalue weighted by Gasteiger charge is -2.10. The van der Waals surface area contributed by atoms with Crippen molar-refractivity contribution in [2.24, 2.45) is 0 Å². The Bertz CT molecular complexity index is 580. The number of nitrogens with two attached hydrogens (primary N) is 1. The highest BCUT2D eigenvalue weighted by atomic mass is 16.5. The van der Waals surface area contributed by atoms with Crippen LogP contribution in [0.25, 0.3) is 11.5 Å². The van der Waals surface area contributed by atoms with Crippen LogP contribution in [0.5, 0.6) is 11.5 Å². The van der Waals surface area contributed by atoms with Gasteiger partial charge in [0.1, 0.15) is 0 Å². The Morgan fingerprint density at radius 3 is 2.32 bits per heavy atom. The average Bonchev–Trinajstić information content (AvgIpc) is 2.87. The third kappa shape index (κ3) is 2.40. The summed E-state index contributed by atoms with van der Waals surface area (Å²) in [5.41, 5.74) is 7.05. The van der Waals surface area contributed by atoms with E-state index in [1.165, 1.54) is 0 Å². The molecule has 19 heavy (non-hydrogen) atoms. The molecule has 2 aromatic rings. The second-order valence-corrected chi connectivity index (χ2v) is 4.09. The summed E-state index contributed by atoms with van der Waals surface area (Å²) in [5, 5.41) is 3.84. The van der Waals surface area contributed by atoms with Crippen molar-refractivity contribution in [3.05, 3.63) is 12.1 Å². The van der Waals surface area contributed by atoms with Crippen molar-refractivity contribution < 1.29 is 14.0 Å². The molecule has 0 saturated carbocycles. The van der Waals surface area contributed by atoms with Gasteiger partial charge in [-0.3, -0.25) is 0 Å². The molecule has 0 bridgehead atoms. The number of anilines is 2. The first-order chi connectivity index (χ1) is 9.06. The molecule has 0 aliphatic carbocycles. The first-order valence-corrected chi connectivity index (χ1v) is 5.59. The van der Waals surface area contributed by atoms with E-state index >= 15 is 0 Å². The van der Waals surface area contributed by atoms with Crippen LogP contribution in [0.3, 0.4) is 0 Å². The maximum Gasteiger partial charge on any atom is 0.265 e. The Labute approximate surface area is 110 Å². The van der Waals surface area contributed by atoms with Crippen LogP contribution in [0, 0.1) is 0 Å². The van der Waals surface area contributed by atoms with Gasteiger partial charge < -0.3 is 24.6 Å². The van der Waals surface area contributed by atoms with Crippen molar-refractivity contribution in [1.29, 1.82) is 0 Å². The van der Waals surface area contributed by atoms with Crippen LogP contribution in [0.15, 0.2) is 16.7 Å². The molecule has 0 amide bonds. The molecule has 2 rings (SSSR count). The van der Waals surface area contributed by atoms with Crippen LogP contribution in [0.2, 0.25) is 0 Å². The smallest absolute Gasteiger partial charge is 0.265 e. The van der Waals surface area contributed by atoms with Crippen LogP contribution in [-0.2, 0) is 0 Å². The second-order valence-electron chi connectivity index (χ2n) is 4.09. The Morgan fingerprint density at radius 2 is 1.79 bits per heavy atom. The maximum atomic E-state index is 5.96. The fourth-order valence-corrected chi connectivity index (χ4v) is 1.59. The number of ether oxygens (including phenoxy) is 2. The predicted octanol–water partition coefficient (Wildman–Crippen LogP) is 1.40. The first kappa shape index (κ1) is 13.0. The van der Waals surface area contributed by atoms with E-state index in [2.05, 4.69) is 10.1 Å². The van der Waals surface area contributed by atoms with E-state index in [9.17, 15) is 0 Å². The lowest BCUT2D eigenvalue weighted by atomic mass is 10.1. The number of methoxy groups -OCH3 is 2. The number of hydrogen-bond donors (Lipinski definition) is 1. The van der Waals surface area contributed by atoms with Gasteiger partial charge in [0.15, 0.2) is 11.5 Å². The highest BCUT2D eigenvalue weighted by Gasteiger charge is 2.16. The summed E-state index contributed by atoms with van der Waals surface area (Å²) in [6, 6.07) is 3.37. The number of nitrogens with zero attached hydrogens (tertiary/aromatic N) is 3. The molecule has 7 heteroatoms. The number of rotatable bonds is 4. The summed E-state index contributed by atoms with van der Waals surface area (Å²) < 4.78 is 15.6. The molecular weight excluding hydrogens is 248 g/mol. The van der Waals surface area contributed by atoms with E-state index < -0.39 is 0 Å². The van der Waals surface area contributed by atoms with Gasteiger partial charge in [-0.2, -0.15) is 4.98 Å².